The van der Waals surface area contributed by atoms with Gasteiger partial charge in [-0.3, -0.25) is 4.79 Å². The standard InChI is InChI=1S/C22H19Cl2NO3/c1-22(2)17(12-19(23)24)20(22)21(26)28-18(13-25)14-7-6-10-16(11-14)27-15-8-4-3-5-9-15/h3-12,17-18,20H,1-2H3/t17-,18-,20+/m0/s1. The quantitative estimate of drug-likeness (QED) is 0.528. The van der Waals surface area contributed by atoms with E-state index in [1.54, 1.807) is 30.3 Å². The number of para-hydroxylation sites is 1. The normalized spacial score (nSPS) is 20.4. The third kappa shape index (κ3) is 4.49. The van der Waals surface area contributed by atoms with Crippen LogP contribution in [0.3, 0.4) is 0 Å². The summed E-state index contributed by atoms with van der Waals surface area (Å²) in [6, 6.07) is 18.3. The molecule has 3 atom stereocenters. The van der Waals surface area contributed by atoms with Crippen LogP contribution in [0.15, 0.2) is 65.2 Å². The van der Waals surface area contributed by atoms with E-state index in [4.69, 9.17) is 32.7 Å². The second kappa shape index (κ2) is 8.26. The van der Waals surface area contributed by atoms with Crippen LogP contribution in [0, 0.1) is 28.6 Å². The lowest BCUT2D eigenvalue weighted by molar-refractivity contribution is -0.149. The summed E-state index contributed by atoms with van der Waals surface area (Å²) in [6.07, 6.45) is 0.615. The fourth-order valence-corrected chi connectivity index (χ4v) is 3.57. The first kappa shape index (κ1) is 20.3. The number of carbonyl (C=O) groups excluding carboxylic acids is 1. The number of hydrogen-bond acceptors (Lipinski definition) is 4. The summed E-state index contributed by atoms with van der Waals surface area (Å²) in [7, 11) is 0. The van der Waals surface area contributed by atoms with Crippen molar-refractivity contribution in [2.24, 2.45) is 17.3 Å². The lowest BCUT2D eigenvalue weighted by Gasteiger charge is -2.13. The Hall–Kier alpha value is -2.48. The molecule has 1 aliphatic rings. The maximum absolute atomic E-state index is 12.6. The second-order valence-corrected chi connectivity index (χ2v) is 8.22. The van der Waals surface area contributed by atoms with Crippen LogP contribution in [0.5, 0.6) is 11.5 Å². The number of hydrogen-bond donors (Lipinski definition) is 0. The zero-order valence-corrected chi connectivity index (χ0v) is 16.9. The molecule has 3 rings (SSSR count). The van der Waals surface area contributed by atoms with Crippen LogP contribution in [-0.2, 0) is 9.53 Å². The largest absolute Gasteiger partial charge is 0.457 e. The smallest absolute Gasteiger partial charge is 0.311 e. The molecular formula is C22H19Cl2NO3. The average molecular weight is 416 g/mol. The van der Waals surface area contributed by atoms with Crippen LogP contribution in [0.2, 0.25) is 0 Å². The third-order valence-corrected chi connectivity index (χ3v) is 5.21. The molecule has 0 aromatic heterocycles. The maximum atomic E-state index is 12.6. The fraction of sp³-hybridized carbons (Fsp3) is 0.273. The minimum Gasteiger partial charge on any atom is -0.457 e. The molecule has 0 N–H and O–H groups in total. The molecule has 0 heterocycles. The van der Waals surface area contributed by atoms with Crippen molar-refractivity contribution in [1.29, 1.82) is 5.26 Å². The number of halogens is 2. The molecule has 0 spiro atoms. The number of rotatable bonds is 6. The van der Waals surface area contributed by atoms with Gasteiger partial charge in [0.2, 0.25) is 6.10 Å². The van der Waals surface area contributed by atoms with Gasteiger partial charge < -0.3 is 9.47 Å². The molecule has 4 nitrogen and oxygen atoms in total. The van der Waals surface area contributed by atoms with Gasteiger partial charge in [-0.15, -0.1) is 0 Å². The molecular weight excluding hydrogens is 397 g/mol. The zero-order valence-electron chi connectivity index (χ0n) is 15.4. The van der Waals surface area contributed by atoms with Crippen molar-refractivity contribution >= 4 is 29.2 Å². The highest BCUT2D eigenvalue weighted by atomic mass is 35.5. The number of allylic oxidation sites excluding steroid dienone is 1. The molecule has 0 bridgehead atoms. The molecule has 0 amide bonds. The van der Waals surface area contributed by atoms with E-state index in [-0.39, 0.29) is 21.7 Å². The van der Waals surface area contributed by atoms with Gasteiger partial charge in [0.05, 0.1) is 5.92 Å². The van der Waals surface area contributed by atoms with Crippen molar-refractivity contribution < 1.29 is 14.3 Å². The van der Waals surface area contributed by atoms with Gasteiger partial charge in [0.25, 0.3) is 0 Å². The van der Waals surface area contributed by atoms with Gasteiger partial charge >= 0.3 is 5.97 Å². The third-order valence-electron chi connectivity index (χ3n) is 4.96. The molecule has 0 saturated heterocycles. The van der Waals surface area contributed by atoms with Gasteiger partial charge in [-0.05, 0) is 41.7 Å². The van der Waals surface area contributed by atoms with Gasteiger partial charge in [-0.2, -0.15) is 5.26 Å². The van der Waals surface area contributed by atoms with E-state index in [2.05, 4.69) is 0 Å². The summed E-state index contributed by atoms with van der Waals surface area (Å²) in [4.78, 5) is 12.6. The van der Waals surface area contributed by atoms with E-state index >= 15 is 0 Å². The zero-order chi connectivity index (χ0) is 20.3. The molecule has 1 aliphatic carbocycles. The number of esters is 1. The number of benzene rings is 2. The predicted molar refractivity (Wildman–Crippen MR) is 108 cm³/mol. The van der Waals surface area contributed by atoms with E-state index in [9.17, 15) is 10.1 Å². The lowest BCUT2D eigenvalue weighted by atomic mass is 10.1. The van der Waals surface area contributed by atoms with Crippen LogP contribution < -0.4 is 4.74 Å². The van der Waals surface area contributed by atoms with Gasteiger partial charge in [0.1, 0.15) is 22.1 Å². The fourth-order valence-electron chi connectivity index (χ4n) is 3.30. The van der Waals surface area contributed by atoms with Crippen molar-refractivity contribution in [1.82, 2.24) is 0 Å². The molecule has 144 valence electrons. The first-order valence-electron chi connectivity index (χ1n) is 8.78. The summed E-state index contributed by atoms with van der Waals surface area (Å²) in [5.41, 5.74) is 0.231. The molecule has 1 fully saturated rings. The Kier molecular flexibility index (Phi) is 5.98. The van der Waals surface area contributed by atoms with E-state index in [0.29, 0.717) is 17.1 Å². The Morgan fingerprint density at radius 2 is 1.82 bits per heavy atom. The summed E-state index contributed by atoms with van der Waals surface area (Å²) in [5, 5.41) is 9.53. The van der Waals surface area contributed by atoms with Crippen molar-refractivity contribution in [3.63, 3.8) is 0 Å². The predicted octanol–water partition coefficient (Wildman–Crippen LogP) is 6.18. The Labute approximate surface area is 174 Å². The number of nitrogens with zero attached hydrogens (tertiary/aromatic N) is 1. The minimum atomic E-state index is -1.03. The van der Waals surface area contributed by atoms with Gasteiger partial charge in [-0.1, -0.05) is 67.4 Å². The van der Waals surface area contributed by atoms with E-state index < -0.39 is 12.1 Å². The van der Waals surface area contributed by atoms with Gasteiger partial charge in [0, 0.05) is 5.56 Å². The van der Waals surface area contributed by atoms with Crippen molar-refractivity contribution in [2.45, 2.75) is 20.0 Å². The summed E-state index contributed by atoms with van der Waals surface area (Å²) < 4.78 is 11.4. The molecule has 1 saturated carbocycles. The number of nitriles is 1. The van der Waals surface area contributed by atoms with E-state index in [1.807, 2.05) is 50.2 Å². The highest BCUT2D eigenvalue weighted by molar-refractivity contribution is 6.55. The SMILES string of the molecule is CC1(C)[C@@H](C=C(Cl)Cl)[C@@H]1C(=O)O[C@@H](C#N)c1cccc(Oc2ccccc2)c1. The lowest BCUT2D eigenvalue weighted by Crippen LogP contribution is -2.14. The topological polar surface area (TPSA) is 59.3 Å². The molecule has 6 heteroatoms. The summed E-state index contributed by atoms with van der Waals surface area (Å²) >= 11 is 11.5. The van der Waals surface area contributed by atoms with Crippen molar-refractivity contribution in [3.05, 3.63) is 70.7 Å². The number of ether oxygens (including phenoxy) is 2. The van der Waals surface area contributed by atoms with Crippen LogP contribution in [0.1, 0.15) is 25.5 Å². The molecule has 2 aromatic carbocycles. The Morgan fingerprint density at radius 1 is 1.14 bits per heavy atom. The van der Waals surface area contributed by atoms with Crippen LogP contribution in [-0.4, -0.2) is 5.97 Å². The second-order valence-electron chi connectivity index (χ2n) is 7.21. The molecule has 0 unspecified atom stereocenters. The molecule has 0 radical (unpaired) electrons. The van der Waals surface area contributed by atoms with E-state index in [1.165, 1.54) is 0 Å². The number of carbonyl (C=O) groups is 1. The first-order chi connectivity index (χ1) is 13.3. The van der Waals surface area contributed by atoms with Crippen LogP contribution >= 0.6 is 23.2 Å². The van der Waals surface area contributed by atoms with Gasteiger partial charge in [0.15, 0.2) is 0 Å². The summed E-state index contributed by atoms with van der Waals surface area (Å²) in [5.74, 6) is 0.289. The van der Waals surface area contributed by atoms with E-state index in [0.717, 1.165) is 0 Å². The average Bonchev–Trinajstić information content (AvgIpc) is 3.20. The van der Waals surface area contributed by atoms with Crippen molar-refractivity contribution in [3.8, 4) is 17.6 Å². The monoisotopic (exact) mass is 415 g/mol. The Morgan fingerprint density at radius 3 is 2.46 bits per heavy atom. The molecule has 0 aliphatic heterocycles. The summed E-state index contributed by atoms with van der Waals surface area (Å²) in [6.45, 7) is 3.87. The first-order valence-corrected chi connectivity index (χ1v) is 9.54. The maximum Gasteiger partial charge on any atom is 0.311 e. The molecule has 2 aromatic rings. The highest BCUT2D eigenvalue weighted by Gasteiger charge is 2.62. The van der Waals surface area contributed by atoms with Crippen molar-refractivity contribution in [2.75, 3.05) is 0 Å². The molecule has 28 heavy (non-hydrogen) atoms. The Bertz CT molecular complexity index is 930. The highest BCUT2D eigenvalue weighted by Crippen LogP contribution is 2.60. The Balaban J connectivity index is 1.72. The minimum absolute atomic E-state index is 0.114. The van der Waals surface area contributed by atoms with Crippen LogP contribution in [0.25, 0.3) is 0 Å². The van der Waals surface area contributed by atoms with Gasteiger partial charge in [-0.25, -0.2) is 0 Å². The van der Waals surface area contributed by atoms with Crippen LogP contribution in [0.4, 0.5) is 0 Å².